The largest absolute Gasteiger partial charge is 0.516 e. The van der Waals surface area contributed by atoms with Crippen LogP contribution in [-0.2, 0) is 23.0 Å². The van der Waals surface area contributed by atoms with Crippen LogP contribution in [0.4, 0.5) is 24.7 Å². The highest BCUT2D eigenvalue weighted by Gasteiger charge is 2.46. The number of amides is 1. The molecule has 4 aromatic rings. The molecule has 0 aliphatic carbocycles. The van der Waals surface area contributed by atoms with Gasteiger partial charge in [0.05, 0.1) is 10.2 Å². The molecule has 0 saturated heterocycles. The average Bonchev–Trinajstić information content (AvgIpc) is 3.36. The lowest BCUT2D eigenvalue weighted by Gasteiger charge is -2.13. The highest BCUT2D eigenvalue weighted by Crippen LogP contribution is 2.42. The van der Waals surface area contributed by atoms with Crippen LogP contribution >= 0.6 is 15.9 Å². The number of nitrogens with zero attached hydrogens (tertiary/aromatic N) is 2. The van der Waals surface area contributed by atoms with Crippen molar-refractivity contribution in [1.29, 1.82) is 0 Å². The van der Waals surface area contributed by atoms with Crippen LogP contribution in [0, 0.1) is 0 Å². The van der Waals surface area contributed by atoms with E-state index in [1.54, 1.807) is 40.6 Å². The first-order chi connectivity index (χ1) is 17.9. The normalized spacial score (nSPS) is 12.2. The Bertz CT molecular complexity index is 1630. The molecule has 0 bridgehead atoms. The predicted molar refractivity (Wildman–Crippen MR) is 141 cm³/mol. The Morgan fingerprint density at radius 2 is 1.92 bits per heavy atom. The van der Waals surface area contributed by atoms with E-state index >= 15 is 0 Å². The monoisotopic (exact) mass is 613 g/mol. The summed E-state index contributed by atoms with van der Waals surface area (Å²) in [6.07, 6.45) is 1.42. The van der Waals surface area contributed by atoms with Crippen LogP contribution in [-0.4, -0.2) is 36.4 Å². The number of sulfonamides is 1. The van der Waals surface area contributed by atoms with E-state index in [9.17, 15) is 26.4 Å². The minimum atomic E-state index is -5.64. The third kappa shape index (κ3) is 5.10. The molecule has 0 aliphatic rings. The Labute approximate surface area is 224 Å². The van der Waals surface area contributed by atoms with E-state index < -0.39 is 21.4 Å². The third-order valence-electron chi connectivity index (χ3n) is 5.74. The van der Waals surface area contributed by atoms with E-state index in [2.05, 4.69) is 26.2 Å². The number of alkyl halides is 3. The molecule has 0 fully saturated rings. The lowest BCUT2D eigenvalue weighted by Crippen LogP contribution is -2.30. The van der Waals surface area contributed by atoms with Gasteiger partial charge in [-0.25, -0.2) is 4.98 Å². The maximum Gasteiger partial charge on any atom is 0.516 e. The molecule has 4 rings (SSSR count). The third-order valence-corrected chi connectivity index (χ3v) is 7.63. The second-order valence-corrected chi connectivity index (χ2v) is 10.8. The summed E-state index contributed by atoms with van der Waals surface area (Å²) in [6.45, 7) is 2.26. The van der Waals surface area contributed by atoms with Crippen LogP contribution in [0.1, 0.15) is 35.2 Å². The first-order valence-electron chi connectivity index (χ1n) is 11.3. The minimum absolute atomic E-state index is 0.111. The molecule has 202 valence electrons. The lowest BCUT2D eigenvalue weighted by molar-refractivity contribution is -0.0429. The molecule has 2 heterocycles. The zero-order valence-electron chi connectivity index (χ0n) is 20.2. The van der Waals surface area contributed by atoms with Gasteiger partial charge in [0, 0.05) is 31.0 Å². The van der Waals surface area contributed by atoms with Gasteiger partial charge in [-0.05, 0) is 52.2 Å². The molecule has 2 aromatic carbocycles. The van der Waals surface area contributed by atoms with Gasteiger partial charge in [0.15, 0.2) is 17.3 Å². The molecule has 0 radical (unpaired) electrons. The number of fused-ring (bicyclic) bond motifs is 1. The molecule has 14 heteroatoms. The van der Waals surface area contributed by atoms with Crippen molar-refractivity contribution in [1.82, 2.24) is 9.55 Å². The molecule has 0 saturated carbocycles. The SMILES string of the molecule is CCCc1nc(NC)c(C(N)=O)n1Cc1ccc2oc(-c3ccccc3NS(=O)(=O)C(F)(F)F)c(Br)c2c1. The van der Waals surface area contributed by atoms with Crippen molar-refractivity contribution in [2.24, 2.45) is 5.73 Å². The van der Waals surface area contributed by atoms with Crippen LogP contribution in [0.5, 0.6) is 0 Å². The summed E-state index contributed by atoms with van der Waals surface area (Å²) >= 11 is 3.46. The number of anilines is 2. The number of primary amides is 1. The summed E-state index contributed by atoms with van der Waals surface area (Å²) < 4.78 is 72.1. The van der Waals surface area contributed by atoms with Gasteiger partial charge in [0.1, 0.15) is 11.4 Å². The Balaban J connectivity index is 1.77. The summed E-state index contributed by atoms with van der Waals surface area (Å²) in [5.41, 5.74) is 1.40. The molecule has 9 nitrogen and oxygen atoms in total. The number of nitrogens with two attached hydrogens (primary N) is 1. The summed E-state index contributed by atoms with van der Waals surface area (Å²) in [4.78, 5) is 16.7. The smallest absolute Gasteiger partial charge is 0.455 e. The first-order valence-corrected chi connectivity index (χ1v) is 13.6. The Kier molecular flexibility index (Phi) is 7.48. The predicted octanol–water partition coefficient (Wildman–Crippen LogP) is 5.46. The van der Waals surface area contributed by atoms with Gasteiger partial charge in [0.2, 0.25) is 0 Å². The maximum absolute atomic E-state index is 13.0. The number of imidazole rings is 1. The fourth-order valence-electron chi connectivity index (χ4n) is 4.05. The Morgan fingerprint density at radius 1 is 1.21 bits per heavy atom. The van der Waals surface area contributed by atoms with E-state index in [0.29, 0.717) is 33.5 Å². The molecule has 2 aromatic heterocycles. The minimum Gasteiger partial charge on any atom is -0.455 e. The number of benzene rings is 2. The molecule has 0 aliphatic heterocycles. The van der Waals surface area contributed by atoms with Crippen molar-refractivity contribution >= 4 is 54.3 Å². The van der Waals surface area contributed by atoms with E-state index in [1.807, 2.05) is 6.92 Å². The molecular formula is C24H23BrF3N5O4S. The molecule has 38 heavy (non-hydrogen) atoms. The molecule has 1 amide bonds. The van der Waals surface area contributed by atoms with Crippen LogP contribution in [0.25, 0.3) is 22.3 Å². The summed E-state index contributed by atoms with van der Waals surface area (Å²) in [5.74, 6) is 0.576. The van der Waals surface area contributed by atoms with Gasteiger partial charge in [-0.15, -0.1) is 0 Å². The number of furan rings is 1. The molecular weight excluding hydrogens is 591 g/mol. The second-order valence-electron chi connectivity index (χ2n) is 8.35. The zero-order chi connectivity index (χ0) is 27.8. The number of rotatable bonds is 9. The number of aryl methyl sites for hydroxylation is 1. The molecule has 0 atom stereocenters. The van der Waals surface area contributed by atoms with E-state index in [0.717, 1.165) is 12.0 Å². The van der Waals surface area contributed by atoms with Gasteiger partial charge in [-0.2, -0.15) is 21.6 Å². The van der Waals surface area contributed by atoms with Crippen LogP contribution in [0.15, 0.2) is 51.4 Å². The highest BCUT2D eigenvalue weighted by atomic mass is 79.9. The van der Waals surface area contributed by atoms with Gasteiger partial charge in [0.25, 0.3) is 5.91 Å². The number of hydrogen-bond acceptors (Lipinski definition) is 6. The van der Waals surface area contributed by atoms with Gasteiger partial charge in [-0.3, -0.25) is 9.52 Å². The quantitative estimate of drug-likeness (QED) is 0.229. The number of para-hydroxylation sites is 1. The van der Waals surface area contributed by atoms with Gasteiger partial charge in [-0.1, -0.05) is 25.1 Å². The number of nitrogens with one attached hydrogen (secondary N) is 2. The summed E-state index contributed by atoms with van der Waals surface area (Å²) in [6, 6.07) is 10.9. The Hall–Kier alpha value is -3.52. The molecule has 0 spiro atoms. The standard InChI is InChI=1S/C24H23BrF3N5O4S/c1-3-6-18-31-23(30-2)20(22(29)34)33(18)12-13-9-10-17-15(11-13)19(25)21(37-17)14-7-4-5-8-16(14)32-38(35,36)24(26,27)28/h4-5,7-11,30,32H,3,6,12H2,1-2H3,(H2,29,34). The summed E-state index contributed by atoms with van der Waals surface area (Å²) in [7, 11) is -3.99. The molecule has 0 unspecified atom stereocenters. The van der Waals surface area contributed by atoms with Gasteiger partial charge < -0.3 is 20.0 Å². The number of carbonyl (C=O) groups is 1. The van der Waals surface area contributed by atoms with Crippen molar-refractivity contribution in [2.45, 2.75) is 31.8 Å². The van der Waals surface area contributed by atoms with Crippen molar-refractivity contribution in [2.75, 3.05) is 17.1 Å². The summed E-state index contributed by atoms with van der Waals surface area (Å²) in [5, 5.41) is 3.49. The number of aromatic nitrogens is 2. The van der Waals surface area contributed by atoms with E-state index in [1.165, 1.54) is 18.2 Å². The number of halogens is 4. The van der Waals surface area contributed by atoms with Crippen LogP contribution in [0.3, 0.4) is 0 Å². The average molecular weight is 614 g/mol. The fourth-order valence-corrected chi connectivity index (χ4v) is 5.24. The first kappa shape index (κ1) is 27.5. The lowest BCUT2D eigenvalue weighted by atomic mass is 10.1. The van der Waals surface area contributed by atoms with Crippen molar-refractivity contribution < 1.29 is 30.8 Å². The van der Waals surface area contributed by atoms with E-state index in [4.69, 9.17) is 10.2 Å². The zero-order valence-corrected chi connectivity index (χ0v) is 22.6. The topological polar surface area (TPSA) is 132 Å². The van der Waals surface area contributed by atoms with Crippen molar-refractivity contribution in [3.05, 3.63) is 64.0 Å². The second kappa shape index (κ2) is 10.3. The van der Waals surface area contributed by atoms with E-state index in [-0.39, 0.29) is 29.2 Å². The van der Waals surface area contributed by atoms with Crippen molar-refractivity contribution in [3.8, 4) is 11.3 Å². The van der Waals surface area contributed by atoms with Crippen LogP contribution < -0.4 is 15.8 Å². The van der Waals surface area contributed by atoms with Crippen LogP contribution in [0.2, 0.25) is 0 Å². The number of carbonyl (C=O) groups excluding carboxylic acids is 1. The highest BCUT2D eigenvalue weighted by molar-refractivity contribution is 9.10. The van der Waals surface area contributed by atoms with Crippen molar-refractivity contribution in [3.63, 3.8) is 0 Å². The Morgan fingerprint density at radius 3 is 2.55 bits per heavy atom. The fraction of sp³-hybridized carbons (Fsp3) is 0.250. The molecule has 4 N–H and O–H groups in total. The van der Waals surface area contributed by atoms with Gasteiger partial charge >= 0.3 is 15.5 Å². The maximum atomic E-state index is 13.0. The number of hydrogen-bond donors (Lipinski definition) is 3.